The molecule has 2 saturated heterocycles. The van der Waals surface area contributed by atoms with Gasteiger partial charge in [0.15, 0.2) is 5.13 Å². The second kappa shape index (κ2) is 6.27. The van der Waals surface area contributed by atoms with E-state index in [1.54, 1.807) is 11.3 Å². The topological polar surface area (TPSA) is 65.5 Å². The van der Waals surface area contributed by atoms with Crippen molar-refractivity contribution in [2.45, 2.75) is 63.8 Å². The first-order valence-electron chi connectivity index (χ1n) is 9.29. The van der Waals surface area contributed by atoms with E-state index in [4.69, 9.17) is 0 Å². The Labute approximate surface area is 152 Å². The van der Waals surface area contributed by atoms with Crippen LogP contribution in [0.3, 0.4) is 0 Å². The Morgan fingerprint density at radius 2 is 2.00 bits per heavy atom. The number of thiazole rings is 1. The lowest BCUT2D eigenvalue weighted by atomic mass is 9.91. The second-order valence-electron chi connectivity index (χ2n) is 8.01. The molecule has 4 rings (SSSR count). The number of nitrogens with one attached hydrogen (secondary N) is 1. The number of aromatic nitrogens is 1. The quantitative estimate of drug-likeness (QED) is 0.879. The van der Waals surface area contributed by atoms with E-state index < -0.39 is 0 Å². The Hall–Kier alpha value is -1.63. The van der Waals surface area contributed by atoms with Crippen LogP contribution in [0.5, 0.6) is 0 Å². The van der Waals surface area contributed by atoms with Gasteiger partial charge in [-0.2, -0.15) is 0 Å². The van der Waals surface area contributed by atoms with Crippen molar-refractivity contribution in [3.05, 3.63) is 10.6 Å². The van der Waals surface area contributed by atoms with E-state index in [1.165, 1.54) is 4.88 Å². The molecule has 0 unspecified atom stereocenters. The largest absolute Gasteiger partial charge is 0.340 e. The molecule has 1 N–H and O–H groups in total. The van der Waals surface area contributed by atoms with Gasteiger partial charge in [-0.1, -0.05) is 13.8 Å². The summed E-state index contributed by atoms with van der Waals surface area (Å²) in [6.07, 6.45) is 5.61. The third-order valence-corrected chi connectivity index (χ3v) is 6.86. The van der Waals surface area contributed by atoms with Crippen LogP contribution in [0, 0.1) is 0 Å². The van der Waals surface area contributed by atoms with Gasteiger partial charge < -0.3 is 9.80 Å². The van der Waals surface area contributed by atoms with Gasteiger partial charge in [-0.3, -0.25) is 10.1 Å². The van der Waals surface area contributed by atoms with Crippen molar-refractivity contribution >= 4 is 28.4 Å². The normalized spacial score (nSPS) is 23.2. The fourth-order valence-electron chi connectivity index (χ4n) is 4.25. The smallest absolute Gasteiger partial charge is 0.323 e. The molecule has 0 atom stereocenters. The van der Waals surface area contributed by atoms with Gasteiger partial charge in [0.25, 0.3) is 0 Å². The Kier molecular flexibility index (Phi) is 4.22. The molecule has 1 aromatic rings. The van der Waals surface area contributed by atoms with Gasteiger partial charge in [-0.15, -0.1) is 11.3 Å². The van der Waals surface area contributed by atoms with Gasteiger partial charge in [-0.25, -0.2) is 9.78 Å². The van der Waals surface area contributed by atoms with E-state index >= 15 is 0 Å². The van der Waals surface area contributed by atoms with E-state index in [0.717, 1.165) is 49.5 Å². The predicted molar refractivity (Wildman–Crippen MR) is 98.0 cm³/mol. The summed E-state index contributed by atoms with van der Waals surface area (Å²) < 4.78 is 0. The average Bonchev–Trinajstić information content (AvgIpc) is 3.25. The molecule has 3 heterocycles. The molecule has 136 valence electrons. The van der Waals surface area contributed by atoms with E-state index in [9.17, 15) is 9.59 Å². The van der Waals surface area contributed by atoms with Gasteiger partial charge in [0, 0.05) is 42.4 Å². The Balaban J connectivity index is 1.33. The minimum absolute atomic E-state index is 0.0589. The van der Waals surface area contributed by atoms with Crippen molar-refractivity contribution < 1.29 is 9.59 Å². The van der Waals surface area contributed by atoms with Crippen molar-refractivity contribution in [3.63, 3.8) is 0 Å². The lowest BCUT2D eigenvalue weighted by molar-refractivity contribution is -0.130. The second-order valence-corrected chi connectivity index (χ2v) is 9.10. The fourth-order valence-corrected chi connectivity index (χ4v) is 5.39. The molecule has 0 radical (unpaired) electrons. The number of aryl methyl sites for hydroxylation is 1. The molecule has 25 heavy (non-hydrogen) atoms. The van der Waals surface area contributed by atoms with Crippen LogP contribution in [0.2, 0.25) is 0 Å². The van der Waals surface area contributed by atoms with Crippen LogP contribution in [0.1, 0.15) is 56.5 Å². The summed E-state index contributed by atoms with van der Waals surface area (Å²) in [5, 5.41) is 3.71. The molecule has 2 aliphatic heterocycles. The molecular formula is C18H26N4O2S. The number of hydrogen-bond donors (Lipinski definition) is 1. The molecule has 1 aromatic heterocycles. The standard InChI is InChI=1S/C18H26N4O2S/c1-18(2)8-5-13-15(18)19-16(25-13)20-17(24)21-10-6-12(7-11-21)22-9-3-4-14(22)23/h12H,3-11H2,1-2H3,(H,19,20,24). The number of amides is 3. The van der Waals surface area contributed by atoms with Crippen LogP contribution in [0.25, 0.3) is 0 Å². The minimum atomic E-state index is -0.0589. The zero-order chi connectivity index (χ0) is 17.6. The fraction of sp³-hybridized carbons (Fsp3) is 0.722. The number of anilines is 1. The first-order chi connectivity index (χ1) is 11.9. The van der Waals surface area contributed by atoms with E-state index in [0.29, 0.717) is 25.6 Å². The van der Waals surface area contributed by atoms with Crippen LogP contribution in [0.15, 0.2) is 0 Å². The van der Waals surface area contributed by atoms with Crippen LogP contribution >= 0.6 is 11.3 Å². The van der Waals surface area contributed by atoms with Crippen LogP contribution in [-0.4, -0.2) is 52.4 Å². The van der Waals surface area contributed by atoms with Gasteiger partial charge in [0.2, 0.25) is 5.91 Å². The van der Waals surface area contributed by atoms with Crippen molar-refractivity contribution in [1.29, 1.82) is 0 Å². The molecule has 0 saturated carbocycles. The number of hydrogen-bond acceptors (Lipinski definition) is 4. The Morgan fingerprint density at radius 3 is 2.64 bits per heavy atom. The highest BCUT2D eigenvalue weighted by molar-refractivity contribution is 7.16. The number of carbonyl (C=O) groups excluding carboxylic acids is 2. The maximum Gasteiger partial charge on any atom is 0.323 e. The first-order valence-corrected chi connectivity index (χ1v) is 10.1. The predicted octanol–water partition coefficient (Wildman–Crippen LogP) is 2.99. The summed E-state index contributed by atoms with van der Waals surface area (Å²) in [4.78, 5) is 34.3. The summed E-state index contributed by atoms with van der Waals surface area (Å²) in [5.41, 5.74) is 1.27. The maximum absolute atomic E-state index is 12.5. The number of likely N-dealkylation sites (tertiary alicyclic amines) is 2. The molecule has 2 fully saturated rings. The average molecular weight is 362 g/mol. The number of nitrogens with zero attached hydrogens (tertiary/aromatic N) is 3. The summed E-state index contributed by atoms with van der Waals surface area (Å²) in [6, 6.07) is 0.250. The summed E-state index contributed by atoms with van der Waals surface area (Å²) in [5.74, 6) is 0.280. The molecule has 3 aliphatic rings. The molecule has 0 aromatic carbocycles. The van der Waals surface area contributed by atoms with Crippen LogP contribution < -0.4 is 5.32 Å². The monoisotopic (exact) mass is 362 g/mol. The van der Waals surface area contributed by atoms with E-state index in [1.807, 2.05) is 9.80 Å². The van der Waals surface area contributed by atoms with Gasteiger partial charge in [0.05, 0.1) is 5.69 Å². The Morgan fingerprint density at radius 1 is 1.24 bits per heavy atom. The number of urea groups is 1. The van der Waals surface area contributed by atoms with Crippen molar-refractivity contribution in [3.8, 4) is 0 Å². The van der Waals surface area contributed by atoms with Crippen molar-refractivity contribution in [2.75, 3.05) is 25.0 Å². The third-order valence-electron chi connectivity index (χ3n) is 5.83. The number of carbonyl (C=O) groups is 2. The molecule has 0 spiro atoms. The highest BCUT2D eigenvalue weighted by atomic mass is 32.1. The van der Waals surface area contributed by atoms with Crippen LogP contribution in [-0.2, 0) is 16.6 Å². The molecule has 1 aliphatic carbocycles. The zero-order valence-corrected chi connectivity index (χ0v) is 15.8. The Bertz CT molecular complexity index is 691. The third kappa shape index (κ3) is 3.14. The number of fused-ring (bicyclic) bond motifs is 1. The molecule has 0 bridgehead atoms. The SMILES string of the molecule is CC1(C)CCc2sc(NC(=O)N3CCC(N4CCCC4=O)CC3)nc21. The van der Waals surface area contributed by atoms with Crippen molar-refractivity contribution in [1.82, 2.24) is 14.8 Å². The van der Waals surface area contributed by atoms with E-state index in [-0.39, 0.29) is 17.4 Å². The first kappa shape index (κ1) is 16.8. The molecule has 7 heteroatoms. The summed E-state index contributed by atoms with van der Waals surface area (Å²) in [7, 11) is 0. The van der Waals surface area contributed by atoms with Gasteiger partial charge in [0.1, 0.15) is 0 Å². The van der Waals surface area contributed by atoms with Gasteiger partial charge in [-0.05, 0) is 32.1 Å². The number of rotatable bonds is 2. The zero-order valence-electron chi connectivity index (χ0n) is 15.0. The minimum Gasteiger partial charge on any atom is -0.340 e. The van der Waals surface area contributed by atoms with Crippen LogP contribution in [0.4, 0.5) is 9.93 Å². The molecular weight excluding hydrogens is 336 g/mol. The van der Waals surface area contributed by atoms with E-state index in [2.05, 4.69) is 24.1 Å². The maximum atomic E-state index is 12.5. The summed E-state index contributed by atoms with van der Waals surface area (Å²) in [6.45, 7) is 6.73. The van der Waals surface area contributed by atoms with Crippen molar-refractivity contribution in [2.24, 2.45) is 0 Å². The molecule has 3 amide bonds. The lowest BCUT2D eigenvalue weighted by Gasteiger charge is -2.36. The highest BCUT2D eigenvalue weighted by Crippen LogP contribution is 2.42. The van der Waals surface area contributed by atoms with Gasteiger partial charge >= 0.3 is 6.03 Å². The summed E-state index contributed by atoms with van der Waals surface area (Å²) >= 11 is 1.62. The number of piperidine rings is 1. The molecule has 6 nitrogen and oxygen atoms in total. The lowest BCUT2D eigenvalue weighted by Crippen LogP contribution is -2.48. The highest BCUT2D eigenvalue weighted by Gasteiger charge is 2.35.